The minimum absolute atomic E-state index is 0.0349. The van der Waals surface area contributed by atoms with E-state index < -0.39 is 0 Å². The van der Waals surface area contributed by atoms with Crippen LogP contribution in [-0.4, -0.2) is 22.8 Å². The van der Waals surface area contributed by atoms with Gasteiger partial charge in [0.05, 0.1) is 6.04 Å². The third kappa shape index (κ3) is 3.00. The molecule has 1 saturated carbocycles. The highest BCUT2D eigenvalue weighted by Crippen LogP contribution is 2.49. The monoisotopic (exact) mass is 314 g/mol. The first kappa shape index (κ1) is 15.0. The molecular formula is C18H19ClN2O. The van der Waals surface area contributed by atoms with Gasteiger partial charge in [-0.3, -0.25) is 9.78 Å². The topological polar surface area (TPSA) is 33.2 Å². The molecule has 0 bridgehead atoms. The van der Waals surface area contributed by atoms with E-state index in [0.29, 0.717) is 5.92 Å². The largest absolute Gasteiger partial charge is 0.339 e. The summed E-state index contributed by atoms with van der Waals surface area (Å²) in [5.41, 5.74) is 2.26. The molecule has 3 unspecified atom stereocenters. The van der Waals surface area contributed by atoms with Crippen LogP contribution < -0.4 is 0 Å². The molecule has 1 aromatic carbocycles. The fourth-order valence-electron chi connectivity index (χ4n) is 2.85. The number of halogens is 1. The van der Waals surface area contributed by atoms with Crippen molar-refractivity contribution in [1.82, 2.24) is 9.88 Å². The molecule has 0 N–H and O–H groups in total. The lowest BCUT2D eigenvalue weighted by molar-refractivity contribution is -0.133. The lowest BCUT2D eigenvalue weighted by atomic mass is 10.1. The Morgan fingerprint density at radius 3 is 2.68 bits per heavy atom. The van der Waals surface area contributed by atoms with Crippen LogP contribution in [0.5, 0.6) is 0 Å². The second kappa shape index (κ2) is 6.09. The SMILES string of the molecule is CC(c1cccnc1)N(C)C(=O)C1CC1c1ccc(Cl)cc1. The fraction of sp³-hybridized carbons (Fsp3) is 0.333. The first-order valence-corrected chi connectivity index (χ1v) is 7.88. The van der Waals surface area contributed by atoms with Crippen molar-refractivity contribution in [2.75, 3.05) is 7.05 Å². The summed E-state index contributed by atoms with van der Waals surface area (Å²) in [6.07, 6.45) is 4.48. The molecule has 1 aromatic heterocycles. The molecule has 3 nitrogen and oxygen atoms in total. The molecule has 1 aliphatic carbocycles. The van der Waals surface area contributed by atoms with Crippen molar-refractivity contribution in [3.63, 3.8) is 0 Å². The first-order chi connectivity index (χ1) is 10.6. The van der Waals surface area contributed by atoms with E-state index in [1.165, 1.54) is 5.56 Å². The number of benzene rings is 1. The molecular weight excluding hydrogens is 296 g/mol. The van der Waals surface area contributed by atoms with Gasteiger partial charge in [-0.2, -0.15) is 0 Å². The number of carbonyl (C=O) groups excluding carboxylic acids is 1. The van der Waals surface area contributed by atoms with Crippen LogP contribution in [-0.2, 0) is 4.79 Å². The molecule has 0 aliphatic heterocycles. The van der Waals surface area contributed by atoms with Crippen molar-refractivity contribution < 1.29 is 4.79 Å². The first-order valence-electron chi connectivity index (χ1n) is 7.50. The molecule has 0 saturated heterocycles. The average Bonchev–Trinajstić information content (AvgIpc) is 3.35. The van der Waals surface area contributed by atoms with E-state index >= 15 is 0 Å². The number of hydrogen-bond acceptors (Lipinski definition) is 2. The van der Waals surface area contributed by atoms with Crippen LogP contribution in [0.2, 0.25) is 5.02 Å². The Hall–Kier alpha value is -1.87. The van der Waals surface area contributed by atoms with Crippen molar-refractivity contribution in [1.29, 1.82) is 0 Å². The van der Waals surface area contributed by atoms with Gasteiger partial charge >= 0.3 is 0 Å². The van der Waals surface area contributed by atoms with Crippen LogP contribution >= 0.6 is 11.6 Å². The van der Waals surface area contributed by atoms with Gasteiger partial charge in [0.15, 0.2) is 0 Å². The van der Waals surface area contributed by atoms with Crippen LogP contribution in [0, 0.1) is 5.92 Å². The van der Waals surface area contributed by atoms with Crippen molar-refractivity contribution in [2.45, 2.75) is 25.3 Å². The number of pyridine rings is 1. The molecule has 1 heterocycles. The zero-order valence-corrected chi connectivity index (χ0v) is 13.5. The maximum atomic E-state index is 12.7. The predicted molar refractivity (Wildman–Crippen MR) is 87.7 cm³/mol. The van der Waals surface area contributed by atoms with E-state index in [9.17, 15) is 4.79 Å². The zero-order chi connectivity index (χ0) is 15.7. The molecule has 114 valence electrons. The Kier molecular flexibility index (Phi) is 4.16. The molecule has 4 heteroatoms. The van der Waals surface area contributed by atoms with Crippen LogP contribution in [0.25, 0.3) is 0 Å². The Labute approximate surface area is 135 Å². The van der Waals surface area contributed by atoms with Crippen molar-refractivity contribution in [3.8, 4) is 0 Å². The average molecular weight is 315 g/mol. The highest BCUT2D eigenvalue weighted by molar-refractivity contribution is 6.30. The number of hydrogen-bond donors (Lipinski definition) is 0. The fourth-order valence-corrected chi connectivity index (χ4v) is 2.97. The second-order valence-electron chi connectivity index (χ2n) is 5.91. The van der Waals surface area contributed by atoms with Crippen LogP contribution in [0.1, 0.15) is 36.4 Å². The molecule has 3 atom stereocenters. The third-order valence-corrected chi connectivity index (χ3v) is 4.75. The number of aromatic nitrogens is 1. The maximum absolute atomic E-state index is 12.7. The normalized spacial score (nSPS) is 21.2. The van der Waals surface area contributed by atoms with Crippen LogP contribution in [0.3, 0.4) is 0 Å². The molecule has 1 fully saturated rings. The predicted octanol–water partition coefficient (Wildman–Crippen LogP) is 4.06. The highest BCUT2D eigenvalue weighted by Gasteiger charge is 2.45. The van der Waals surface area contributed by atoms with Crippen LogP contribution in [0.4, 0.5) is 0 Å². The number of amides is 1. The van der Waals surface area contributed by atoms with Crippen molar-refractivity contribution >= 4 is 17.5 Å². The molecule has 22 heavy (non-hydrogen) atoms. The van der Waals surface area contributed by atoms with E-state index in [2.05, 4.69) is 4.98 Å². The van der Waals surface area contributed by atoms with E-state index in [1.807, 2.05) is 61.5 Å². The summed E-state index contributed by atoms with van der Waals surface area (Å²) >= 11 is 5.91. The quantitative estimate of drug-likeness (QED) is 0.852. The van der Waals surface area contributed by atoms with Crippen molar-refractivity contribution in [3.05, 3.63) is 64.9 Å². The summed E-state index contributed by atoms with van der Waals surface area (Å²) in [6, 6.07) is 11.8. The summed E-state index contributed by atoms with van der Waals surface area (Å²) in [5, 5.41) is 0.731. The minimum Gasteiger partial charge on any atom is -0.339 e. The molecule has 3 rings (SSSR count). The van der Waals surface area contributed by atoms with Gasteiger partial charge in [-0.05, 0) is 48.6 Å². The van der Waals surface area contributed by atoms with Crippen molar-refractivity contribution in [2.24, 2.45) is 5.92 Å². The van der Waals surface area contributed by atoms with Gasteiger partial charge in [-0.15, -0.1) is 0 Å². The number of rotatable bonds is 4. The molecule has 1 amide bonds. The van der Waals surface area contributed by atoms with Gasteiger partial charge in [0.25, 0.3) is 0 Å². The lowest BCUT2D eigenvalue weighted by Gasteiger charge is -2.25. The van der Waals surface area contributed by atoms with Crippen LogP contribution in [0.15, 0.2) is 48.8 Å². The summed E-state index contributed by atoms with van der Waals surface area (Å²) in [4.78, 5) is 18.6. The standard InChI is InChI=1S/C18H19ClN2O/c1-12(14-4-3-9-20-11-14)21(2)18(22)17-10-16(17)13-5-7-15(19)8-6-13/h3-9,11-12,16-17H,10H2,1-2H3. The summed E-state index contributed by atoms with van der Waals surface area (Å²) in [6.45, 7) is 2.04. The summed E-state index contributed by atoms with van der Waals surface area (Å²) in [7, 11) is 1.87. The molecule has 0 spiro atoms. The van der Waals surface area contributed by atoms with Gasteiger partial charge in [-0.1, -0.05) is 29.8 Å². The molecule has 2 aromatic rings. The van der Waals surface area contributed by atoms with Gasteiger partial charge in [0, 0.05) is 30.4 Å². The number of nitrogens with zero attached hydrogens (tertiary/aromatic N) is 2. The van der Waals surface area contributed by atoms with E-state index in [4.69, 9.17) is 11.6 Å². The van der Waals surface area contributed by atoms with Gasteiger partial charge < -0.3 is 4.90 Å². The minimum atomic E-state index is 0.0349. The Morgan fingerprint density at radius 1 is 1.32 bits per heavy atom. The smallest absolute Gasteiger partial charge is 0.226 e. The molecule has 0 radical (unpaired) electrons. The summed E-state index contributed by atoms with van der Waals surface area (Å²) in [5.74, 6) is 0.620. The Morgan fingerprint density at radius 2 is 2.05 bits per heavy atom. The highest BCUT2D eigenvalue weighted by atomic mass is 35.5. The molecule has 1 aliphatic rings. The lowest BCUT2D eigenvalue weighted by Crippen LogP contribution is -2.31. The summed E-state index contributed by atoms with van der Waals surface area (Å²) < 4.78 is 0. The van der Waals surface area contributed by atoms with E-state index in [1.54, 1.807) is 6.20 Å². The maximum Gasteiger partial charge on any atom is 0.226 e. The second-order valence-corrected chi connectivity index (χ2v) is 6.35. The number of carbonyl (C=O) groups is 1. The third-order valence-electron chi connectivity index (χ3n) is 4.50. The zero-order valence-electron chi connectivity index (χ0n) is 12.7. The van der Waals surface area contributed by atoms with Gasteiger partial charge in [0.2, 0.25) is 5.91 Å². The Balaban J connectivity index is 1.66. The van der Waals surface area contributed by atoms with Gasteiger partial charge in [-0.25, -0.2) is 0 Å². The van der Waals surface area contributed by atoms with E-state index in [-0.39, 0.29) is 17.9 Å². The Bertz CT molecular complexity index is 657. The van der Waals surface area contributed by atoms with E-state index in [0.717, 1.165) is 17.0 Å². The van der Waals surface area contributed by atoms with Gasteiger partial charge in [0.1, 0.15) is 0 Å².